The molecule has 0 spiro atoms. The SMILES string of the molecule is Nc1ccncc1C=C(Br)Br. The number of nitrogens with two attached hydrogens (primary N) is 1. The van der Waals surface area contributed by atoms with Gasteiger partial charge in [0, 0.05) is 23.6 Å². The van der Waals surface area contributed by atoms with Gasteiger partial charge in [0.1, 0.15) is 0 Å². The number of hydrogen-bond donors (Lipinski definition) is 1. The molecule has 0 bridgehead atoms. The summed E-state index contributed by atoms with van der Waals surface area (Å²) in [5.41, 5.74) is 7.26. The molecule has 11 heavy (non-hydrogen) atoms. The first-order chi connectivity index (χ1) is 5.20. The Morgan fingerprint density at radius 3 is 2.82 bits per heavy atom. The first-order valence-corrected chi connectivity index (χ1v) is 4.51. The van der Waals surface area contributed by atoms with Gasteiger partial charge in [0.25, 0.3) is 0 Å². The summed E-state index contributed by atoms with van der Waals surface area (Å²) in [4.78, 5) is 3.93. The fourth-order valence-corrected chi connectivity index (χ4v) is 1.15. The van der Waals surface area contributed by atoms with Gasteiger partial charge >= 0.3 is 0 Å². The van der Waals surface area contributed by atoms with Gasteiger partial charge in [-0.25, -0.2) is 0 Å². The van der Waals surface area contributed by atoms with Crippen molar-refractivity contribution < 1.29 is 0 Å². The second-order valence-corrected chi connectivity index (χ2v) is 4.71. The second kappa shape index (κ2) is 3.88. The average Bonchev–Trinajstić information content (AvgIpc) is 1.93. The van der Waals surface area contributed by atoms with E-state index in [0.29, 0.717) is 0 Å². The molecule has 0 radical (unpaired) electrons. The molecule has 2 nitrogen and oxygen atoms in total. The van der Waals surface area contributed by atoms with Crippen molar-refractivity contribution in [3.05, 3.63) is 27.4 Å². The van der Waals surface area contributed by atoms with Crippen LogP contribution in [0.1, 0.15) is 5.56 Å². The summed E-state index contributed by atoms with van der Waals surface area (Å²) in [7, 11) is 0. The maximum Gasteiger partial charge on any atom is 0.0611 e. The summed E-state index contributed by atoms with van der Waals surface area (Å²) in [6.45, 7) is 0. The van der Waals surface area contributed by atoms with Gasteiger partial charge in [-0.1, -0.05) is 0 Å². The molecule has 1 aromatic heterocycles. The van der Waals surface area contributed by atoms with E-state index in [1.54, 1.807) is 18.5 Å². The first-order valence-electron chi connectivity index (χ1n) is 2.92. The highest BCUT2D eigenvalue weighted by atomic mass is 79.9. The third-order valence-electron chi connectivity index (χ3n) is 1.15. The van der Waals surface area contributed by atoms with Crippen molar-refractivity contribution in [1.82, 2.24) is 4.98 Å². The van der Waals surface area contributed by atoms with Crippen LogP contribution in [0.5, 0.6) is 0 Å². The van der Waals surface area contributed by atoms with Crippen molar-refractivity contribution >= 4 is 43.6 Å². The van der Waals surface area contributed by atoms with E-state index in [4.69, 9.17) is 5.73 Å². The van der Waals surface area contributed by atoms with E-state index < -0.39 is 0 Å². The zero-order chi connectivity index (χ0) is 8.27. The van der Waals surface area contributed by atoms with Crippen LogP contribution in [0.15, 0.2) is 21.9 Å². The molecule has 1 rings (SSSR count). The minimum Gasteiger partial charge on any atom is -0.398 e. The maximum absolute atomic E-state index is 5.64. The van der Waals surface area contributed by atoms with Gasteiger partial charge in [0.05, 0.1) is 3.39 Å². The standard InChI is InChI=1S/C7H6Br2N2/c8-7(9)3-5-4-11-2-1-6(5)10/h1-4H,(H2,10,11). The number of anilines is 1. The molecule has 0 fully saturated rings. The zero-order valence-electron chi connectivity index (χ0n) is 5.59. The number of halogens is 2. The summed E-state index contributed by atoms with van der Waals surface area (Å²) < 4.78 is 0.852. The van der Waals surface area contributed by atoms with E-state index in [9.17, 15) is 0 Å². The lowest BCUT2D eigenvalue weighted by Crippen LogP contribution is -1.88. The van der Waals surface area contributed by atoms with Crippen LogP contribution in [-0.2, 0) is 0 Å². The lowest BCUT2D eigenvalue weighted by molar-refractivity contribution is 1.32. The summed E-state index contributed by atoms with van der Waals surface area (Å²) in [5.74, 6) is 0. The fraction of sp³-hybridized carbons (Fsp3) is 0. The minimum atomic E-state index is 0.719. The highest BCUT2D eigenvalue weighted by Gasteiger charge is 1.93. The topological polar surface area (TPSA) is 38.9 Å². The van der Waals surface area contributed by atoms with Crippen LogP contribution in [-0.4, -0.2) is 4.98 Å². The van der Waals surface area contributed by atoms with Gasteiger partial charge in [0.15, 0.2) is 0 Å². The van der Waals surface area contributed by atoms with Crippen molar-refractivity contribution in [2.45, 2.75) is 0 Å². The van der Waals surface area contributed by atoms with Gasteiger partial charge in [-0.2, -0.15) is 0 Å². The summed E-state index contributed by atoms with van der Waals surface area (Å²) in [6.07, 6.45) is 5.22. The van der Waals surface area contributed by atoms with E-state index in [1.165, 1.54) is 0 Å². The molecule has 0 aliphatic rings. The van der Waals surface area contributed by atoms with E-state index in [1.807, 2.05) is 6.08 Å². The molecule has 0 aromatic carbocycles. The molecule has 1 aromatic rings. The smallest absolute Gasteiger partial charge is 0.0611 e. The van der Waals surface area contributed by atoms with E-state index in [-0.39, 0.29) is 0 Å². The van der Waals surface area contributed by atoms with Crippen LogP contribution in [0.25, 0.3) is 6.08 Å². The van der Waals surface area contributed by atoms with Crippen LogP contribution < -0.4 is 5.73 Å². The molecule has 58 valence electrons. The first kappa shape index (κ1) is 8.74. The molecule has 4 heteroatoms. The number of pyridine rings is 1. The van der Waals surface area contributed by atoms with Crippen LogP contribution in [0.4, 0.5) is 5.69 Å². The molecule has 1 heterocycles. The number of rotatable bonds is 1. The van der Waals surface area contributed by atoms with Crippen LogP contribution in [0, 0.1) is 0 Å². The van der Waals surface area contributed by atoms with Gasteiger partial charge in [-0.15, -0.1) is 0 Å². The minimum absolute atomic E-state index is 0.719. The van der Waals surface area contributed by atoms with E-state index in [0.717, 1.165) is 14.6 Å². The number of aromatic nitrogens is 1. The van der Waals surface area contributed by atoms with Crippen LogP contribution in [0.2, 0.25) is 0 Å². The highest BCUT2D eigenvalue weighted by Crippen LogP contribution is 2.20. The van der Waals surface area contributed by atoms with Gasteiger partial charge in [-0.3, -0.25) is 4.98 Å². The summed E-state index contributed by atoms with van der Waals surface area (Å²) >= 11 is 6.48. The second-order valence-electron chi connectivity index (χ2n) is 1.94. The summed E-state index contributed by atoms with van der Waals surface area (Å²) in [5, 5.41) is 0. The highest BCUT2D eigenvalue weighted by molar-refractivity contribution is 9.28. The van der Waals surface area contributed by atoms with E-state index >= 15 is 0 Å². The average molecular weight is 278 g/mol. The van der Waals surface area contributed by atoms with Crippen molar-refractivity contribution in [2.75, 3.05) is 5.73 Å². The Morgan fingerprint density at radius 1 is 1.55 bits per heavy atom. The third-order valence-corrected chi connectivity index (χ3v) is 1.61. The quantitative estimate of drug-likeness (QED) is 0.857. The Kier molecular flexibility index (Phi) is 3.08. The van der Waals surface area contributed by atoms with Crippen LogP contribution in [0.3, 0.4) is 0 Å². The van der Waals surface area contributed by atoms with Gasteiger partial charge < -0.3 is 5.73 Å². The monoisotopic (exact) mass is 276 g/mol. The van der Waals surface area contributed by atoms with Crippen molar-refractivity contribution in [3.63, 3.8) is 0 Å². The lowest BCUT2D eigenvalue weighted by atomic mass is 10.2. The molecular weight excluding hydrogens is 272 g/mol. The molecule has 0 aliphatic carbocycles. The molecule has 2 N–H and O–H groups in total. The Labute approximate surface area is 81.8 Å². The zero-order valence-corrected chi connectivity index (χ0v) is 8.76. The Balaban J connectivity index is 3.04. The molecule has 0 amide bonds. The largest absolute Gasteiger partial charge is 0.398 e. The molecular formula is C7H6Br2N2. The molecule has 0 saturated heterocycles. The predicted molar refractivity (Wildman–Crippen MR) is 54.5 cm³/mol. The van der Waals surface area contributed by atoms with E-state index in [2.05, 4.69) is 36.8 Å². The normalized spacial score (nSPS) is 9.27. The van der Waals surface area contributed by atoms with Gasteiger partial charge in [0.2, 0.25) is 0 Å². The lowest BCUT2D eigenvalue weighted by Gasteiger charge is -1.96. The number of nitrogens with zero attached hydrogens (tertiary/aromatic N) is 1. The Hall–Kier alpha value is -0.350. The van der Waals surface area contributed by atoms with Crippen molar-refractivity contribution in [3.8, 4) is 0 Å². The van der Waals surface area contributed by atoms with Crippen molar-refractivity contribution in [1.29, 1.82) is 0 Å². The Bertz CT molecular complexity index is 280. The summed E-state index contributed by atoms with van der Waals surface area (Å²) in [6, 6.07) is 1.76. The molecule has 0 unspecified atom stereocenters. The molecule has 0 saturated carbocycles. The third kappa shape index (κ3) is 2.63. The maximum atomic E-state index is 5.64. The van der Waals surface area contributed by atoms with Crippen LogP contribution >= 0.6 is 31.9 Å². The molecule has 0 aliphatic heterocycles. The van der Waals surface area contributed by atoms with Crippen molar-refractivity contribution in [2.24, 2.45) is 0 Å². The number of nitrogen functional groups attached to an aromatic ring is 1. The Morgan fingerprint density at radius 2 is 2.27 bits per heavy atom. The number of hydrogen-bond acceptors (Lipinski definition) is 2. The molecule has 0 atom stereocenters. The fourth-order valence-electron chi connectivity index (χ4n) is 0.656. The predicted octanol–water partition coefficient (Wildman–Crippen LogP) is 2.75. The van der Waals surface area contributed by atoms with Gasteiger partial charge in [-0.05, 0) is 44.0 Å².